The van der Waals surface area contributed by atoms with Crippen molar-refractivity contribution in [3.63, 3.8) is 0 Å². The molecule has 3 nitrogen and oxygen atoms in total. The van der Waals surface area contributed by atoms with Gasteiger partial charge in [0.05, 0.1) is 16.7 Å². The minimum Gasteiger partial charge on any atom is -0.450 e. The first kappa shape index (κ1) is 22.9. The second-order valence-electron chi connectivity index (χ2n) is 8.26. The van der Waals surface area contributed by atoms with Crippen molar-refractivity contribution >= 4 is 29.6 Å². The third-order valence-electron chi connectivity index (χ3n) is 6.15. The Labute approximate surface area is 185 Å². The van der Waals surface area contributed by atoms with Gasteiger partial charge in [-0.15, -0.1) is 23.5 Å². The summed E-state index contributed by atoms with van der Waals surface area (Å²) in [6, 6.07) is 11.0. The van der Waals surface area contributed by atoms with Gasteiger partial charge in [-0.1, -0.05) is 75.8 Å². The van der Waals surface area contributed by atoms with E-state index in [0.717, 1.165) is 19.3 Å². The normalized spacial score (nSPS) is 23.4. The molecule has 1 spiro atoms. The standard InChI is InChI=1S/C24H37NO2S2/c1-3-5-6-7-8-12-15-21-18-24(28-16-17-29-24)19-22(20-13-10-9-11-14-20)25(21)23(26)27-4-2/h9-11,13-14,21-22H,3-8,12,15-19H2,1-2H3/t21-,22+/m0/s1. The van der Waals surface area contributed by atoms with Crippen LogP contribution in [-0.4, -0.2) is 39.2 Å². The first-order valence-electron chi connectivity index (χ1n) is 11.5. The van der Waals surface area contributed by atoms with Crippen molar-refractivity contribution in [2.24, 2.45) is 0 Å². The molecule has 2 saturated heterocycles. The molecular weight excluding hydrogens is 398 g/mol. The summed E-state index contributed by atoms with van der Waals surface area (Å²) in [5.74, 6) is 2.46. The van der Waals surface area contributed by atoms with Crippen molar-refractivity contribution < 1.29 is 9.53 Å². The Morgan fingerprint density at radius 3 is 2.41 bits per heavy atom. The van der Waals surface area contributed by atoms with Gasteiger partial charge in [0.1, 0.15) is 0 Å². The van der Waals surface area contributed by atoms with Gasteiger partial charge in [-0.2, -0.15) is 0 Å². The number of likely N-dealkylation sites (tertiary alicyclic amines) is 1. The largest absolute Gasteiger partial charge is 0.450 e. The van der Waals surface area contributed by atoms with Crippen LogP contribution in [0.4, 0.5) is 4.79 Å². The van der Waals surface area contributed by atoms with Gasteiger partial charge in [-0.3, -0.25) is 4.90 Å². The average Bonchev–Trinajstić information content (AvgIpc) is 3.18. The summed E-state index contributed by atoms with van der Waals surface area (Å²) in [7, 11) is 0. The second kappa shape index (κ2) is 11.5. The molecule has 1 aromatic carbocycles. The van der Waals surface area contributed by atoms with Crippen LogP contribution in [0.5, 0.6) is 0 Å². The van der Waals surface area contributed by atoms with Gasteiger partial charge in [0, 0.05) is 17.5 Å². The van der Waals surface area contributed by atoms with Crippen LogP contribution in [0.3, 0.4) is 0 Å². The molecule has 2 aliphatic rings. The second-order valence-corrected chi connectivity index (χ2v) is 11.5. The van der Waals surface area contributed by atoms with Crippen LogP contribution >= 0.6 is 23.5 Å². The van der Waals surface area contributed by atoms with E-state index in [9.17, 15) is 4.79 Å². The molecular formula is C24H37NO2S2. The topological polar surface area (TPSA) is 29.5 Å². The molecule has 0 saturated carbocycles. The molecule has 0 N–H and O–H groups in total. The lowest BCUT2D eigenvalue weighted by Gasteiger charge is -2.48. The van der Waals surface area contributed by atoms with Crippen molar-refractivity contribution in [2.45, 2.75) is 87.8 Å². The van der Waals surface area contributed by atoms with Gasteiger partial charge in [0.15, 0.2) is 0 Å². The van der Waals surface area contributed by atoms with Gasteiger partial charge >= 0.3 is 6.09 Å². The smallest absolute Gasteiger partial charge is 0.410 e. The fraction of sp³-hybridized carbons (Fsp3) is 0.708. The molecule has 0 radical (unpaired) electrons. The van der Waals surface area contributed by atoms with Crippen LogP contribution in [0.1, 0.15) is 83.2 Å². The first-order chi connectivity index (χ1) is 14.2. The fourth-order valence-corrected chi connectivity index (χ4v) is 8.17. The van der Waals surface area contributed by atoms with E-state index in [0.29, 0.717) is 6.61 Å². The van der Waals surface area contributed by atoms with Crippen molar-refractivity contribution in [3.05, 3.63) is 35.9 Å². The number of piperidine rings is 1. The maximum absolute atomic E-state index is 13.1. The van der Waals surface area contributed by atoms with E-state index in [1.54, 1.807) is 0 Å². The predicted octanol–water partition coefficient (Wildman–Crippen LogP) is 7.28. The Kier molecular flexibility index (Phi) is 9.10. The van der Waals surface area contributed by atoms with E-state index < -0.39 is 0 Å². The summed E-state index contributed by atoms with van der Waals surface area (Å²) in [5, 5.41) is 0. The van der Waals surface area contributed by atoms with Gasteiger partial charge < -0.3 is 4.74 Å². The van der Waals surface area contributed by atoms with E-state index in [2.05, 4.69) is 65.7 Å². The van der Waals surface area contributed by atoms with E-state index in [1.165, 1.54) is 55.6 Å². The molecule has 2 fully saturated rings. The quantitative estimate of drug-likeness (QED) is 0.381. The molecule has 29 heavy (non-hydrogen) atoms. The van der Waals surface area contributed by atoms with Gasteiger partial charge in [-0.05, 0) is 31.7 Å². The summed E-state index contributed by atoms with van der Waals surface area (Å²) in [6.45, 7) is 4.61. The van der Waals surface area contributed by atoms with Gasteiger partial charge in [0.25, 0.3) is 0 Å². The molecule has 5 heteroatoms. The predicted molar refractivity (Wildman–Crippen MR) is 127 cm³/mol. The molecule has 0 unspecified atom stereocenters. The van der Waals surface area contributed by atoms with E-state index in [4.69, 9.17) is 4.74 Å². The summed E-state index contributed by atoms with van der Waals surface area (Å²) in [4.78, 5) is 15.2. The van der Waals surface area contributed by atoms with Gasteiger partial charge in [0.2, 0.25) is 0 Å². The zero-order chi connectivity index (χ0) is 20.5. The molecule has 0 aliphatic carbocycles. The third-order valence-corrected chi connectivity index (χ3v) is 9.65. The van der Waals surface area contributed by atoms with Crippen molar-refractivity contribution in [1.82, 2.24) is 4.90 Å². The van der Waals surface area contributed by atoms with E-state index in [-0.39, 0.29) is 22.3 Å². The lowest BCUT2D eigenvalue weighted by molar-refractivity contribution is 0.0435. The Morgan fingerprint density at radius 1 is 1.03 bits per heavy atom. The molecule has 162 valence electrons. The first-order valence-corrected chi connectivity index (χ1v) is 13.4. The lowest BCUT2D eigenvalue weighted by Crippen LogP contribution is -2.51. The van der Waals surface area contributed by atoms with Crippen LogP contribution < -0.4 is 0 Å². The minimum atomic E-state index is -0.125. The van der Waals surface area contributed by atoms with Crippen LogP contribution in [0.15, 0.2) is 30.3 Å². The van der Waals surface area contributed by atoms with Gasteiger partial charge in [-0.25, -0.2) is 4.79 Å². The number of hydrogen-bond donors (Lipinski definition) is 0. The van der Waals surface area contributed by atoms with Crippen molar-refractivity contribution in [2.75, 3.05) is 18.1 Å². The highest BCUT2D eigenvalue weighted by atomic mass is 32.2. The zero-order valence-corrected chi connectivity index (χ0v) is 19.7. The molecule has 1 amide bonds. The molecule has 2 heterocycles. The fourth-order valence-electron chi connectivity index (χ4n) is 4.75. The number of benzene rings is 1. The summed E-state index contributed by atoms with van der Waals surface area (Å²) in [6.07, 6.45) is 10.9. The number of thioether (sulfide) groups is 2. The lowest BCUT2D eigenvalue weighted by atomic mass is 9.88. The van der Waals surface area contributed by atoms with E-state index in [1.807, 2.05) is 6.92 Å². The highest BCUT2D eigenvalue weighted by Crippen LogP contribution is 2.57. The summed E-state index contributed by atoms with van der Waals surface area (Å²) < 4.78 is 5.81. The van der Waals surface area contributed by atoms with Crippen molar-refractivity contribution in [1.29, 1.82) is 0 Å². The number of rotatable bonds is 9. The highest BCUT2D eigenvalue weighted by Gasteiger charge is 2.49. The highest BCUT2D eigenvalue weighted by molar-refractivity contribution is 8.21. The molecule has 2 aliphatic heterocycles. The van der Waals surface area contributed by atoms with E-state index >= 15 is 0 Å². The Morgan fingerprint density at radius 2 is 1.72 bits per heavy atom. The van der Waals surface area contributed by atoms with Crippen LogP contribution in [0.2, 0.25) is 0 Å². The van der Waals surface area contributed by atoms with Crippen LogP contribution in [-0.2, 0) is 4.74 Å². The van der Waals surface area contributed by atoms with Crippen LogP contribution in [0.25, 0.3) is 0 Å². The van der Waals surface area contributed by atoms with Crippen LogP contribution in [0, 0.1) is 0 Å². The minimum absolute atomic E-state index is 0.118. The SMILES string of the molecule is CCCCCCCC[C@H]1CC2(C[C@H](c3ccccc3)N1C(=O)OCC)SCCS2. The summed E-state index contributed by atoms with van der Waals surface area (Å²) >= 11 is 4.26. The average molecular weight is 436 g/mol. The monoisotopic (exact) mass is 435 g/mol. The number of amides is 1. The number of nitrogens with zero attached hydrogens (tertiary/aromatic N) is 1. The molecule has 1 aromatic rings. The number of unbranched alkanes of at least 4 members (excludes halogenated alkanes) is 5. The zero-order valence-electron chi connectivity index (χ0n) is 18.1. The third kappa shape index (κ3) is 6.10. The number of hydrogen-bond acceptors (Lipinski definition) is 4. The number of carbonyl (C=O) groups is 1. The molecule has 2 atom stereocenters. The molecule has 0 bridgehead atoms. The Bertz CT molecular complexity index is 619. The number of carbonyl (C=O) groups excluding carboxylic acids is 1. The van der Waals surface area contributed by atoms with Crippen molar-refractivity contribution in [3.8, 4) is 0 Å². The maximum Gasteiger partial charge on any atom is 0.410 e. The number of ether oxygens (including phenoxy) is 1. The molecule has 3 rings (SSSR count). The maximum atomic E-state index is 13.1. The Balaban J connectivity index is 1.77. The summed E-state index contributed by atoms with van der Waals surface area (Å²) in [5.41, 5.74) is 1.25. The molecule has 0 aromatic heterocycles. The Hall–Kier alpha value is -0.810.